The molecule has 3 unspecified atom stereocenters. The smallest absolute Gasteiger partial charge is 0.127 e. The predicted molar refractivity (Wildman–Crippen MR) is 83.6 cm³/mol. The molecular formula is C17H22N2O2. The maximum absolute atomic E-state index is 5.99. The monoisotopic (exact) mass is 286 g/mol. The van der Waals surface area contributed by atoms with E-state index < -0.39 is 0 Å². The van der Waals surface area contributed by atoms with Crippen LogP contribution in [0.5, 0.6) is 5.75 Å². The molecule has 21 heavy (non-hydrogen) atoms. The summed E-state index contributed by atoms with van der Waals surface area (Å²) in [5.41, 5.74) is 6.87. The third-order valence-electron chi connectivity index (χ3n) is 4.11. The quantitative estimate of drug-likeness (QED) is 0.853. The van der Waals surface area contributed by atoms with Crippen LogP contribution in [0.2, 0.25) is 0 Å². The molecule has 1 aliphatic rings. The van der Waals surface area contributed by atoms with Gasteiger partial charge in [-0.15, -0.1) is 0 Å². The van der Waals surface area contributed by atoms with E-state index in [1.54, 1.807) is 7.11 Å². The van der Waals surface area contributed by atoms with Gasteiger partial charge in [-0.1, -0.05) is 13.0 Å². The Morgan fingerprint density at radius 2 is 2.19 bits per heavy atom. The molecule has 0 radical (unpaired) electrons. The van der Waals surface area contributed by atoms with Crippen molar-refractivity contribution in [3.8, 4) is 5.75 Å². The van der Waals surface area contributed by atoms with Gasteiger partial charge in [0.15, 0.2) is 0 Å². The van der Waals surface area contributed by atoms with Crippen molar-refractivity contribution in [2.24, 2.45) is 11.7 Å². The topological polar surface area (TPSA) is 60.4 Å². The van der Waals surface area contributed by atoms with E-state index in [0.29, 0.717) is 12.5 Å². The number of methoxy groups -OCH3 is 1. The molecular weight excluding hydrogens is 264 g/mol. The highest BCUT2D eigenvalue weighted by molar-refractivity contribution is 5.49. The molecule has 4 heteroatoms. The van der Waals surface area contributed by atoms with Gasteiger partial charge in [-0.05, 0) is 36.6 Å². The van der Waals surface area contributed by atoms with Crippen LogP contribution in [0.15, 0.2) is 40.8 Å². The van der Waals surface area contributed by atoms with E-state index in [2.05, 4.69) is 18.3 Å². The molecule has 112 valence electrons. The highest BCUT2D eigenvalue weighted by atomic mass is 16.5. The number of nitrogens with one attached hydrogen (secondary N) is 1. The second kappa shape index (κ2) is 5.82. The lowest BCUT2D eigenvalue weighted by Gasteiger charge is -2.16. The van der Waals surface area contributed by atoms with Gasteiger partial charge in [0.2, 0.25) is 0 Å². The second-order valence-electron chi connectivity index (χ2n) is 5.72. The molecule has 1 saturated carbocycles. The minimum absolute atomic E-state index is 0.0279. The molecule has 1 aromatic carbocycles. The van der Waals surface area contributed by atoms with Gasteiger partial charge in [-0.2, -0.15) is 0 Å². The Morgan fingerprint density at radius 1 is 1.38 bits per heavy atom. The minimum Gasteiger partial charge on any atom is -0.497 e. The van der Waals surface area contributed by atoms with Gasteiger partial charge in [-0.25, -0.2) is 0 Å². The van der Waals surface area contributed by atoms with E-state index in [9.17, 15) is 0 Å². The Bertz CT molecular complexity index is 608. The van der Waals surface area contributed by atoms with Crippen molar-refractivity contribution in [3.63, 3.8) is 0 Å². The van der Waals surface area contributed by atoms with Gasteiger partial charge < -0.3 is 20.2 Å². The molecule has 0 bridgehead atoms. The number of benzene rings is 1. The molecule has 3 atom stereocenters. The van der Waals surface area contributed by atoms with Crippen molar-refractivity contribution >= 4 is 5.69 Å². The molecule has 1 aromatic heterocycles. The molecule has 4 nitrogen and oxygen atoms in total. The fourth-order valence-electron chi connectivity index (χ4n) is 2.63. The maximum Gasteiger partial charge on any atom is 0.127 e. The van der Waals surface area contributed by atoms with Crippen molar-refractivity contribution in [1.29, 1.82) is 0 Å². The van der Waals surface area contributed by atoms with Crippen LogP contribution in [0, 0.1) is 5.92 Å². The SMILES string of the molecule is COc1cccc(NC(CN)c2ccc(C3CC3C)o2)c1. The first kappa shape index (κ1) is 14.0. The molecule has 2 aromatic rings. The summed E-state index contributed by atoms with van der Waals surface area (Å²) in [4.78, 5) is 0. The van der Waals surface area contributed by atoms with Crippen LogP contribution in [0.1, 0.15) is 36.8 Å². The highest BCUT2D eigenvalue weighted by Crippen LogP contribution is 2.47. The lowest BCUT2D eigenvalue weighted by atomic mass is 10.2. The molecule has 0 spiro atoms. The standard InChI is InChI=1S/C17H22N2O2/c1-11-8-14(11)16-6-7-17(21-16)15(10-18)19-12-4-3-5-13(9-12)20-2/h3-7,9,11,14-15,19H,8,10,18H2,1-2H3. The molecule has 1 fully saturated rings. The van der Waals surface area contributed by atoms with Gasteiger partial charge >= 0.3 is 0 Å². The fraction of sp³-hybridized carbons (Fsp3) is 0.412. The minimum atomic E-state index is -0.0279. The summed E-state index contributed by atoms with van der Waals surface area (Å²) in [6, 6.07) is 11.9. The first-order valence-corrected chi connectivity index (χ1v) is 7.41. The van der Waals surface area contributed by atoms with E-state index in [1.165, 1.54) is 6.42 Å². The number of hydrogen-bond donors (Lipinski definition) is 2. The van der Waals surface area contributed by atoms with Crippen LogP contribution < -0.4 is 15.8 Å². The van der Waals surface area contributed by atoms with Crippen LogP contribution in [-0.2, 0) is 0 Å². The second-order valence-corrected chi connectivity index (χ2v) is 5.72. The Hall–Kier alpha value is -1.94. The number of hydrogen-bond acceptors (Lipinski definition) is 4. The molecule has 1 aliphatic carbocycles. The summed E-state index contributed by atoms with van der Waals surface area (Å²) in [5, 5.41) is 3.40. The summed E-state index contributed by atoms with van der Waals surface area (Å²) in [6.45, 7) is 2.73. The van der Waals surface area contributed by atoms with Crippen LogP contribution >= 0.6 is 0 Å². The van der Waals surface area contributed by atoms with Crippen molar-refractivity contribution < 1.29 is 9.15 Å². The average Bonchev–Trinajstić information content (AvgIpc) is 3.04. The molecule has 0 saturated heterocycles. The van der Waals surface area contributed by atoms with E-state index in [-0.39, 0.29) is 6.04 Å². The van der Waals surface area contributed by atoms with Gasteiger partial charge in [-0.3, -0.25) is 0 Å². The van der Waals surface area contributed by atoms with Crippen molar-refractivity contribution in [3.05, 3.63) is 47.9 Å². The van der Waals surface area contributed by atoms with Crippen molar-refractivity contribution in [1.82, 2.24) is 0 Å². The molecule has 1 heterocycles. The molecule has 0 aliphatic heterocycles. The van der Waals surface area contributed by atoms with Crippen LogP contribution in [0.3, 0.4) is 0 Å². The van der Waals surface area contributed by atoms with Crippen molar-refractivity contribution in [2.75, 3.05) is 19.0 Å². The normalized spacial score (nSPS) is 21.9. The Balaban J connectivity index is 1.73. The van der Waals surface area contributed by atoms with E-state index in [1.807, 2.05) is 30.3 Å². The van der Waals surface area contributed by atoms with E-state index in [0.717, 1.165) is 28.9 Å². The van der Waals surface area contributed by atoms with Crippen LogP contribution in [0.25, 0.3) is 0 Å². The average molecular weight is 286 g/mol. The third kappa shape index (κ3) is 3.05. The first-order valence-electron chi connectivity index (χ1n) is 7.41. The van der Waals surface area contributed by atoms with Gasteiger partial charge in [0.25, 0.3) is 0 Å². The molecule has 3 rings (SSSR count). The number of ether oxygens (including phenoxy) is 1. The van der Waals surface area contributed by atoms with Gasteiger partial charge in [0.05, 0.1) is 13.2 Å². The largest absolute Gasteiger partial charge is 0.497 e. The van der Waals surface area contributed by atoms with E-state index in [4.69, 9.17) is 14.9 Å². The van der Waals surface area contributed by atoms with Gasteiger partial charge in [0.1, 0.15) is 17.3 Å². The number of furan rings is 1. The first-order chi connectivity index (χ1) is 10.2. The maximum atomic E-state index is 5.99. The molecule has 0 amide bonds. The van der Waals surface area contributed by atoms with E-state index >= 15 is 0 Å². The zero-order chi connectivity index (χ0) is 14.8. The highest BCUT2D eigenvalue weighted by Gasteiger charge is 2.36. The lowest BCUT2D eigenvalue weighted by molar-refractivity contribution is 0.414. The Morgan fingerprint density at radius 3 is 2.86 bits per heavy atom. The molecule has 3 N–H and O–H groups in total. The Kier molecular flexibility index (Phi) is 3.88. The third-order valence-corrected chi connectivity index (χ3v) is 4.11. The summed E-state index contributed by atoms with van der Waals surface area (Å²) < 4.78 is 11.2. The summed E-state index contributed by atoms with van der Waals surface area (Å²) in [7, 11) is 1.66. The number of nitrogens with two attached hydrogens (primary N) is 1. The Labute approximate surface area is 125 Å². The van der Waals surface area contributed by atoms with Crippen molar-refractivity contribution in [2.45, 2.75) is 25.3 Å². The summed E-state index contributed by atoms with van der Waals surface area (Å²) in [5.74, 6) is 4.14. The summed E-state index contributed by atoms with van der Waals surface area (Å²) in [6.07, 6.45) is 1.23. The van der Waals surface area contributed by atoms with Gasteiger partial charge in [0, 0.05) is 24.2 Å². The zero-order valence-corrected chi connectivity index (χ0v) is 12.5. The van der Waals surface area contributed by atoms with Crippen LogP contribution in [0.4, 0.5) is 5.69 Å². The zero-order valence-electron chi connectivity index (χ0n) is 12.5. The fourth-order valence-corrected chi connectivity index (χ4v) is 2.63. The van der Waals surface area contributed by atoms with Crippen LogP contribution in [-0.4, -0.2) is 13.7 Å². The lowest BCUT2D eigenvalue weighted by Crippen LogP contribution is -2.20. The number of anilines is 1. The summed E-state index contributed by atoms with van der Waals surface area (Å²) >= 11 is 0. The predicted octanol–water partition coefficient (Wildman–Crippen LogP) is 3.52. The number of rotatable bonds is 6.